The molecule has 1 amide bonds. The fourth-order valence-electron chi connectivity index (χ4n) is 3.08. The topological polar surface area (TPSA) is 148 Å². The molecule has 2 aromatic carbocycles. The molecule has 33 heavy (non-hydrogen) atoms. The van der Waals surface area contributed by atoms with Crippen molar-refractivity contribution in [2.75, 3.05) is 0 Å². The summed E-state index contributed by atoms with van der Waals surface area (Å²) in [5, 5.41) is 25.9. The van der Waals surface area contributed by atoms with Crippen molar-refractivity contribution in [1.29, 1.82) is 0 Å². The van der Waals surface area contributed by atoms with Crippen molar-refractivity contribution in [2.24, 2.45) is 0 Å². The molecule has 3 N–H and O–H groups in total. The summed E-state index contributed by atoms with van der Waals surface area (Å²) >= 11 is 0. The van der Waals surface area contributed by atoms with E-state index in [1.165, 1.54) is 19.1 Å². The van der Waals surface area contributed by atoms with Gasteiger partial charge in [0, 0.05) is 19.4 Å². The molecule has 0 spiro atoms. The molecule has 0 aliphatic heterocycles. The highest BCUT2D eigenvalue weighted by Crippen LogP contribution is 2.16. The van der Waals surface area contributed by atoms with Crippen molar-refractivity contribution in [2.45, 2.75) is 26.3 Å². The molecule has 0 saturated carbocycles. The van der Waals surface area contributed by atoms with E-state index < -0.39 is 40.9 Å². The van der Waals surface area contributed by atoms with Crippen LogP contribution in [0.3, 0.4) is 0 Å². The minimum atomic E-state index is -1.35. The van der Waals surface area contributed by atoms with Crippen LogP contribution in [0.1, 0.15) is 28.5 Å². The van der Waals surface area contributed by atoms with Gasteiger partial charge in [0.05, 0.1) is 5.69 Å². The molecule has 3 rings (SSSR count). The number of ether oxygens (including phenoxy) is 1. The van der Waals surface area contributed by atoms with Crippen LogP contribution in [0.5, 0.6) is 11.5 Å². The number of nitrogens with one attached hydrogen (secondary N) is 1. The number of carboxylic acids is 1. The van der Waals surface area contributed by atoms with Crippen LogP contribution < -0.4 is 15.6 Å². The summed E-state index contributed by atoms with van der Waals surface area (Å²) in [5.41, 5.74) is 0.646. The minimum Gasteiger partial charge on any atom is -0.505 e. The summed E-state index contributed by atoms with van der Waals surface area (Å²) < 4.78 is 5.88. The van der Waals surface area contributed by atoms with Gasteiger partial charge in [0.25, 0.3) is 11.5 Å². The molecule has 0 fully saturated rings. The highest BCUT2D eigenvalue weighted by molar-refractivity contribution is 5.97. The van der Waals surface area contributed by atoms with Gasteiger partial charge in [0.1, 0.15) is 11.8 Å². The van der Waals surface area contributed by atoms with E-state index in [0.717, 1.165) is 16.3 Å². The second kappa shape index (κ2) is 9.77. The number of benzene rings is 2. The summed E-state index contributed by atoms with van der Waals surface area (Å²) in [4.78, 5) is 47.7. The van der Waals surface area contributed by atoms with E-state index in [-0.39, 0.29) is 6.42 Å². The van der Waals surface area contributed by atoms with Gasteiger partial charge >= 0.3 is 11.9 Å². The van der Waals surface area contributed by atoms with Gasteiger partial charge in [-0.3, -0.25) is 14.4 Å². The lowest BCUT2D eigenvalue weighted by Gasteiger charge is -2.15. The van der Waals surface area contributed by atoms with Crippen LogP contribution in [0.4, 0.5) is 0 Å². The maximum Gasteiger partial charge on any atom is 0.326 e. The largest absolute Gasteiger partial charge is 0.505 e. The molecule has 1 heterocycles. The number of rotatable bonds is 7. The average Bonchev–Trinajstić information content (AvgIpc) is 2.74. The van der Waals surface area contributed by atoms with Crippen molar-refractivity contribution < 1.29 is 29.3 Å². The second-order valence-electron chi connectivity index (χ2n) is 7.27. The van der Waals surface area contributed by atoms with Crippen molar-refractivity contribution in [3.8, 4) is 17.2 Å². The maximum absolute atomic E-state index is 12.7. The van der Waals surface area contributed by atoms with Crippen LogP contribution in [-0.4, -0.2) is 43.9 Å². The van der Waals surface area contributed by atoms with Crippen LogP contribution in [-0.2, 0) is 16.0 Å². The lowest BCUT2D eigenvalue weighted by molar-refractivity contribution is -0.139. The average molecular weight is 451 g/mol. The molecule has 0 saturated heterocycles. The molecule has 10 nitrogen and oxygen atoms in total. The first-order valence-electron chi connectivity index (χ1n) is 9.85. The Morgan fingerprint density at radius 1 is 1.12 bits per heavy atom. The number of hydrogen-bond acceptors (Lipinski definition) is 7. The van der Waals surface area contributed by atoms with Crippen molar-refractivity contribution in [3.63, 3.8) is 0 Å². The van der Waals surface area contributed by atoms with Gasteiger partial charge in [-0.2, -0.15) is 9.78 Å². The molecule has 1 atom stereocenters. The third-order valence-electron chi connectivity index (χ3n) is 4.60. The molecule has 1 unspecified atom stereocenters. The Hall–Kier alpha value is -4.47. The lowest BCUT2D eigenvalue weighted by atomic mass is 10.1. The zero-order valence-electron chi connectivity index (χ0n) is 17.8. The van der Waals surface area contributed by atoms with Crippen molar-refractivity contribution in [3.05, 3.63) is 81.8 Å². The van der Waals surface area contributed by atoms with Crippen LogP contribution >= 0.6 is 0 Å². The Morgan fingerprint density at radius 2 is 1.82 bits per heavy atom. The van der Waals surface area contributed by atoms with E-state index in [2.05, 4.69) is 10.4 Å². The first-order valence-corrected chi connectivity index (χ1v) is 9.85. The Balaban J connectivity index is 1.83. The zero-order valence-corrected chi connectivity index (χ0v) is 17.8. The SMILES string of the molecule is CC(=O)Oc1ccc(CC(NC(=O)c2nn(-c3cccc(C)c3)c(=O)cc2O)C(=O)O)cc1. The summed E-state index contributed by atoms with van der Waals surface area (Å²) in [6, 6.07) is 12.4. The predicted octanol–water partition coefficient (Wildman–Crippen LogP) is 1.60. The summed E-state index contributed by atoms with van der Waals surface area (Å²) in [6.45, 7) is 3.08. The lowest BCUT2D eigenvalue weighted by Crippen LogP contribution is -2.43. The van der Waals surface area contributed by atoms with Crippen molar-refractivity contribution in [1.82, 2.24) is 15.1 Å². The number of esters is 1. The van der Waals surface area contributed by atoms with Gasteiger partial charge in [-0.05, 0) is 42.3 Å². The van der Waals surface area contributed by atoms with Crippen LogP contribution in [0.25, 0.3) is 5.69 Å². The van der Waals surface area contributed by atoms with Gasteiger partial charge in [-0.15, -0.1) is 0 Å². The van der Waals surface area contributed by atoms with E-state index in [9.17, 15) is 29.4 Å². The molecule has 0 radical (unpaired) electrons. The highest BCUT2D eigenvalue weighted by Gasteiger charge is 2.25. The molecule has 0 bridgehead atoms. The smallest absolute Gasteiger partial charge is 0.326 e. The first kappa shape index (κ1) is 23.2. The number of aliphatic carboxylic acids is 1. The van der Waals surface area contributed by atoms with Gasteiger partial charge in [-0.25, -0.2) is 4.79 Å². The molecular weight excluding hydrogens is 430 g/mol. The van der Waals surface area contributed by atoms with Crippen molar-refractivity contribution >= 4 is 17.8 Å². The van der Waals surface area contributed by atoms with E-state index in [1.807, 2.05) is 13.0 Å². The van der Waals surface area contributed by atoms with Gasteiger partial charge in [-0.1, -0.05) is 24.3 Å². The number of amides is 1. The number of carbonyl (C=O) groups excluding carboxylic acids is 2. The molecule has 170 valence electrons. The number of aryl methyl sites for hydroxylation is 1. The van der Waals surface area contributed by atoms with Gasteiger partial charge in [0.15, 0.2) is 11.4 Å². The standard InChI is InChI=1S/C23H21N3O7/c1-13-4-3-5-16(10-13)26-20(29)12-19(28)21(25-26)22(30)24-18(23(31)32)11-15-6-8-17(9-7-15)33-14(2)27/h3-10,12,18,28H,11H2,1-2H3,(H,24,30)(H,31,32). The van der Waals surface area contributed by atoms with E-state index in [1.54, 1.807) is 30.3 Å². The number of nitrogens with zero attached hydrogens (tertiary/aromatic N) is 2. The first-order chi connectivity index (χ1) is 15.6. The molecule has 3 aromatic rings. The summed E-state index contributed by atoms with van der Waals surface area (Å²) in [5.74, 6) is -3.12. The Morgan fingerprint density at radius 3 is 2.42 bits per heavy atom. The van der Waals surface area contributed by atoms with Gasteiger partial charge < -0.3 is 20.3 Å². The second-order valence-corrected chi connectivity index (χ2v) is 7.27. The Labute approximate surface area is 188 Å². The Kier molecular flexibility index (Phi) is 6.87. The predicted molar refractivity (Wildman–Crippen MR) is 117 cm³/mol. The van der Waals surface area contributed by atoms with Gasteiger partial charge in [0.2, 0.25) is 0 Å². The number of hydrogen-bond donors (Lipinski definition) is 3. The monoisotopic (exact) mass is 451 g/mol. The number of carboxylic acid groups (broad SMARTS) is 1. The van der Waals surface area contributed by atoms with E-state index in [0.29, 0.717) is 17.0 Å². The van der Waals surface area contributed by atoms with Crippen LogP contribution in [0.15, 0.2) is 59.4 Å². The fourth-order valence-corrected chi connectivity index (χ4v) is 3.08. The number of aromatic hydroxyl groups is 1. The number of carbonyl (C=O) groups is 3. The number of aromatic nitrogens is 2. The molecule has 0 aliphatic carbocycles. The minimum absolute atomic E-state index is 0.0836. The molecule has 0 aliphatic rings. The molecular formula is C23H21N3O7. The van der Waals surface area contributed by atoms with E-state index in [4.69, 9.17) is 4.74 Å². The normalized spacial score (nSPS) is 11.5. The van der Waals surface area contributed by atoms with Crippen LogP contribution in [0, 0.1) is 6.92 Å². The van der Waals surface area contributed by atoms with Crippen LogP contribution in [0.2, 0.25) is 0 Å². The quantitative estimate of drug-likeness (QED) is 0.362. The highest BCUT2D eigenvalue weighted by atomic mass is 16.5. The third-order valence-corrected chi connectivity index (χ3v) is 4.60. The van der Waals surface area contributed by atoms with E-state index >= 15 is 0 Å². The summed E-state index contributed by atoms with van der Waals surface area (Å²) in [6.07, 6.45) is -0.0836. The maximum atomic E-state index is 12.7. The molecule has 10 heteroatoms. The third kappa shape index (κ3) is 5.82. The summed E-state index contributed by atoms with van der Waals surface area (Å²) in [7, 11) is 0. The fraction of sp³-hybridized carbons (Fsp3) is 0.174. The zero-order chi connectivity index (χ0) is 24.1. The Bertz CT molecular complexity index is 1270. The molecule has 1 aromatic heterocycles.